The Labute approximate surface area is 113 Å². The van der Waals surface area contributed by atoms with Crippen LogP contribution in [-0.2, 0) is 20.7 Å². The topological polar surface area (TPSA) is 130 Å². The smallest absolute Gasteiger partial charge is 0.253 e. The minimum Gasteiger partial charge on any atom is -0.399 e. The van der Waals surface area contributed by atoms with Crippen molar-refractivity contribution in [3.8, 4) is 0 Å². The highest BCUT2D eigenvalue weighted by molar-refractivity contribution is 7.79. The molecule has 0 aromatic carbocycles. The highest BCUT2D eigenvalue weighted by Gasteiger charge is 2.23. The number of carbonyl (C=O) groups is 2. The van der Waals surface area contributed by atoms with Crippen molar-refractivity contribution < 1.29 is 18.4 Å². The number of hydrogen-bond donors (Lipinski definition) is 3. The Morgan fingerprint density at radius 3 is 2.53 bits per heavy atom. The first-order chi connectivity index (χ1) is 8.90. The number of hydrazine groups is 1. The van der Waals surface area contributed by atoms with Crippen LogP contribution in [0.25, 0.3) is 0 Å². The van der Waals surface area contributed by atoms with Crippen molar-refractivity contribution in [3.63, 3.8) is 0 Å². The third-order valence-electron chi connectivity index (χ3n) is 2.31. The second-order valence-electron chi connectivity index (χ2n) is 3.92. The number of nitrogens with zero attached hydrogens (tertiary/aromatic N) is 2. The molecule has 5 N–H and O–H groups in total. The van der Waals surface area contributed by atoms with Gasteiger partial charge in [-0.3, -0.25) is 14.5 Å². The van der Waals surface area contributed by atoms with E-state index in [1.807, 2.05) is 0 Å². The normalized spacial score (nSPS) is 17.2. The van der Waals surface area contributed by atoms with Gasteiger partial charge in [0.15, 0.2) is 11.1 Å². The molecule has 0 aromatic heterocycles. The summed E-state index contributed by atoms with van der Waals surface area (Å²) in [5, 5.41) is 1.25. The minimum absolute atomic E-state index is 0.0374. The van der Waals surface area contributed by atoms with E-state index in [1.165, 1.54) is 23.4 Å². The van der Waals surface area contributed by atoms with Crippen LogP contribution in [0.2, 0.25) is 0 Å². The first kappa shape index (κ1) is 15.3. The van der Waals surface area contributed by atoms with Crippen molar-refractivity contribution in [2.45, 2.75) is 6.42 Å². The molecular formula is C10H16N4O4S. The van der Waals surface area contributed by atoms with E-state index in [4.69, 9.17) is 16.1 Å². The van der Waals surface area contributed by atoms with E-state index in [2.05, 4.69) is 0 Å². The molecule has 1 aliphatic heterocycles. The fourth-order valence-corrected chi connectivity index (χ4v) is 1.83. The zero-order chi connectivity index (χ0) is 14.4. The molecule has 0 saturated carbocycles. The van der Waals surface area contributed by atoms with Gasteiger partial charge in [0.25, 0.3) is 11.8 Å². The van der Waals surface area contributed by atoms with Crippen LogP contribution in [0.5, 0.6) is 0 Å². The largest absolute Gasteiger partial charge is 0.399 e. The van der Waals surface area contributed by atoms with E-state index >= 15 is 0 Å². The Bertz CT molecular complexity index is 431. The van der Waals surface area contributed by atoms with Gasteiger partial charge in [-0.25, -0.2) is 10.1 Å². The second kappa shape index (κ2) is 7.02. The molecule has 9 heteroatoms. The number of amides is 2. The molecule has 19 heavy (non-hydrogen) atoms. The average molecular weight is 288 g/mol. The van der Waals surface area contributed by atoms with Crippen molar-refractivity contribution in [1.82, 2.24) is 9.91 Å². The highest BCUT2D eigenvalue weighted by Crippen LogP contribution is 2.05. The van der Waals surface area contributed by atoms with Crippen LogP contribution >= 0.6 is 0 Å². The molecule has 0 saturated heterocycles. The summed E-state index contributed by atoms with van der Waals surface area (Å²) in [6, 6.07) is 0. The van der Waals surface area contributed by atoms with Gasteiger partial charge in [0.1, 0.15) is 0 Å². The predicted molar refractivity (Wildman–Crippen MR) is 69.3 cm³/mol. The van der Waals surface area contributed by atoms with Crippen LogP contribution < -0.4 is 11.6 Å². The number of nitrogens with two attached hydrogens (primary N) is 2. The molecule has 1 unspecified atom stereocenters. The Balaban J connectivity index is 2.41. The quantitative estimate of drug-likeness (QED) is 0.225. The van der Waals surface area contributed by atoms with E-state index in [1.54, 1.807) is 0 Å². The molecule has 8 nitrogen and oxygen atoms in total. The van der Waals surface area contributed by atoms with Crippen LogP contribution in [-0.4, -0.2) is 49.3 Å². The average Bonchev–Trinajstić information content (AvgIpc) is 2.60. The fourth-order valence-electron chi connectivity index (χ4n) is 1.46. The van der Waals surface area contributed by atoms with Gasteiger partial charge in [0, 0.05) is 30.6 Å². The molecule has 0 bridgehead atoms. The molecule has 0 aliphatic carbocycles. The van der Waals surface area contributed by atoms with Crippen LogP contribution in [0.3, 0.4) is 0 Å². The number of hydrogen-bond acceptors (Lipinski definition) is 6. The van der Waals surface area contributed by atoms with Crippen molar-refractivity contribution in [2.24, 2.45) is 11.6 Å². The molecule has 106 valence electrons. The Morgan fingerprint density at radius 1 is 1.42 bits per heavy atom. The summed E-state index contributed by atoms with van der Waals surface area (Å²) in [6.45, 7) is 0.303. The van der Waals surface area contributed by atoms with Gasteiger partial charge in [-0.15, -0.1) is 0 Å². The molecule has 1 rings (SSSR count). The molecule has 1 aliphatic rings. The maximum absolute atomic E-state index is 11.3. The number of rotatable bonds is 7. The summed E-state index contributed by atoms with van der Waals surface area (Å²) in [6.07, 6.45) is 4.16. The second-order valence-corrected chi connectivity index (χ2v) is 4.97. The van der Waals surface area contributed by atoms with Gasteiger partial charge in [-0.1, -0.05) is 0 Å². The van der Waals surface area contributed by atoms with Crippen LogP contribution in [0.15, 0.2) is 24.0 Å². The van der Waals surface area contributed by atoms with Crippen LogP contribution in [0, 0.1) is 0 Å². The van der Waals surface area contributed by atoms with Gasteiger partial charge in [0.2, 0.25) is 0 Å². The van der Waals surface area contributed by atoms with Crippen molar-refractivity contribution in [1.29, 1.82) is 0 Å². The SMILES string of the molecule is N/C(=C\N(N)CCCS(=O)O)CN1C(=O)C=CC1=O. The Kier molecular flexibility index (Phi) is 5.67. The van der Waals surface area contributed by atoms with E-state index in [-0.39, 0.29) is 18.0 Å². The van der Waals surface area contributed by atoms with Gasteiger partial charge in [-0.2, -0.15) is 0 Å². The minimum atomic E-state index is -1.85. The molecule has 0 radical (unpaired) electrons. The standard InChI is InChI=1S/C10H16N4O4S/c11-8(6-13(12)4-1-5-19(17)18)7-14-9(15)2-3-10(14)16/h2-3,6H,1,4-5,7,11-12H2,(H,17,18)/b8-6-. The van der Waals surface area contributed by atoms with Crippen molar-refractivity contribution in [3.05, 3.63) is 24.0 Å². The molecule has 0 spiro atoms. The lowest BCUT2D eigenvalue weighted by Crippen LogP contribution is -2.35. The molecular weight excluding hydrogens is 272 g/mol. The first-order valence-corrected chi connectivity index (χ1v) is 6.76. The number of carbonyl (C=O) groups excluding carboxylic acids is 2. The lowest BCUT2D eigenvalue weighted by molar-refractivity contribution is -0.136. The predicted octanol–water partition coefficient (Wildman–Crippen LogP) is -1.50. The molecule has 2 amide bonds. The maximum atomic E-state index is 11.3. The zero-order valence-corrected chi connectivity index (χ0v) is 11.0. The van der Waals surface area contributed by atoms with Gasteiger partial charge in [0.05, 0.1) is 12.3 Å². The molecule has 1 heterocycles. The molecule has 0 fully saturated rings. The Hall–Kier alpha value is -1.71. The third kappa shape index (κ3) is 5.20. The van der Waals surface area contributed by atoms with Gasteiger partial charge in [-0.05, 0) is 6.42 Å². The summed E-state index contributed by atoms with van der Waals surface area (Å²) < 4.78 is 19.0. The first-order valence-electron chi connectivity index (χ1n) is 5.48. The monoisotopic (exact) mass is 288 g/mol. The van der Waals surface area contributed by atoms with E-state index in [0.717, 1.165) is 4.90 Å². The molecule has 0 aromatic rings. The highest BCUT2D eigenvalue weighted by atomic mass is 32.2. The zero-order valence-electron chi connectivity index (χ0n) is 10.2. The van der Waals surface area contributed by atoms with Crippen molar-refractivity contribution in [2.75, 3.05) is 18.8 Å². The third-order valence-corrected chi connectivity index (χ3v) is 2.95. The van der Waals surface area contributed by atoms with Gasteiger partial charge >= 0.3 is 0 Å². The lowest BCUT2D eigenvalue weighted by atomic mass is 10.4. The van der Waals surface area contributed by atoms with E-state index in [9.17, 15) is 13.8 Å². The summed E-state index contributed by atoms with van der Waals surface area (Å²) in [4.78, 5) is 23.6. The van der Waals surface area contributed by atoms with Crippen LogP contribution in [0.1, 0.15) is 6.42 Å². The maximum Gasteiger partial charge on any atom is 0.253 e. The van der Waals surface area contributed by atoms with Crippen molar-refractivity contribution >= 4 is 22.9 Å². The summed E-state index contributed by atoms with van der Waals surface area (Å²) in [5.41, 5.74) is 5.91. The molecule has 1 atom stereocenters. The summed E-state index contributed by atoms with van der Waals surface area (Å²) >= 11 is -1.85. The summed E-state index contributed by atoms with van der Waals surface area (Å²) in [7, 11) is 0. The fraction of sp³-hybridized carbons (Fsp3) is 0.400. The number of imide groups is 1. The van der Waals surface area contributed by atoms with Gasteiger partial charge < -0.3 is 15.3 Å². The summed E-state index contributed by atoms with van der Waals surface area (Å²) in [5.74, 6) is 4.88. The Morgan fingerprint density at radius 2 is 2.00 bits per heavy atom. The van der Waals surface area contributed by atoms with Crippen LogP contribution in [0.4, 0.5) is 0 Å². The van der Waals surface area contributed by atoms with E-state index in [0.29, 0.717) is 13.0 Å². The lowest BCUT2D eigenvalue weighted by Gasteiger charge is -2.17. The van der Waals surface area contributed by atoms with E-state index < -0.39 is 22.9 Å².